The van der Waals surface area contributed by atoms with Crippen molar-refractivity contribution in [2.24, 2.45) is 0 Å². The Kier molecular flexibility index (Phi) is 6.37. The zero-order chi connectivity index (χ0) is 11.0. The van der Waals surface area contributed by atoms with E-state index >= 15 is 0 Å². The summed E-state index contributed by atoms with van der Waals surface area (Å²) in [5, 5.41) is 0. The first-order valence-corrected chi connectivity index (χ1v) is 4.70. The summed E-state index contributed by atoms with van der Waals surface area (Å²) < 4.78 is 4.85. The summed E-state index contributed by atoms with van der Waals surface area (Å²) in [4.78, 5) is 22.6. The molecule has 0 bridgehead atoms. The fraction of sp³-hybridized carbons (Fsp3) is 0.455. The lowest BCUT2D eigenvalue weighted by molar-refractivity contribution is -0.140. The Balaban J connectivity index is 4.50. The van der Waals surface area contributed by atoms with Crippen LogP contribution in [-0.2, 0) is 14.3 Å². The van der Waals surface area contributed by atoms with Crippen molar-refractivity contribution in [2.45, 2.75) is 26.7 Å². The number of rotatable bonds is 6. The third kappa shape index (κ3) is 4.03. The number of esters is 1. The van der Waals surface area contributed by atoms with Crippen molar-refractivity contribution in [3.63, 3.8) is 0 Å². The van der Waals surface area contributed by atoms with E-state index in [-0.39, 0.29) is 11.4 Å². The van der Waals surface area contributed by atoms with Gasteiger partial charge in [0.1, 0.15) is 5.57 Å². The molecule has 0 aliphatic rings. The van der Waals surface area contributed by atoms with Gasteiger partial charge in [0.15, 0.2) is 5.78 Å². The minimum absolute atomic E-state index is 0.0796. The van der Waals surface area contributed by atoms with Crippen molar-refractivity contribution in [1.82, 2.24) is 0 Å². The van der Waals surface area contributed by atoms with Gasteiger partial charge in [0.05, 0.1) is 6.61 Å². The summed E-state index contributed by atoms with van der Waals surface area (Å²) in [7, 11) is 0. The highest BCUT2D eigenvalue weighted by Gasteiger charge is 2.16. The minimum Gasteiger partial charge on any atom is -0.462 e. The van der Waals surface area contributed by atoms with E-state index in [0.717, 1.165) is 6.42 Å². The van der Waals surface area contributed by atoms with Crippen molar-refractivity contribution in [3.05, 3.63) is 24.3 Å². The smallest absolute Gasteiger partial charge is 0.341 e. The second-order valence-corrected chi connectivity index (χ2v) is 2.73. The lowest BCUT2D eigenvalue weighted by Gasteiger charge is -2.04. The Labute approximate surface area is 84.4 Å². The van der Waals surface area contributed by atoms with Gasteiger partial charge in [-0.15, -0.1) is 0 Å². The molecular formula is C11H16O3. The molecule has 0 spiro atoms. The van der Waals surface area contributed by atoms with Crippen molar-refractivity contribution in [2.75, 3.05) is 6.61 Å². The highest BCUT2D eigenvalue weighted by atomic mass is 16.5. The predicted molar refractivity (Wildman–Crippen MR) is 54.8 cm³/mol. The van der Waals surface area contributed by atoms with Crippen LogP contribution in [0.5, 0.6) is 0 Å². The van der Waals surface area contributed by atoms with Crippen LogP contribution in [0.2, 0.25) is 0 Å². The van der Waals surface area contributed by atoms with Crippen molar-refractivity contribution >= 4 is 11.8 Å². The van der Waals surface area contributed by atoms with Crippen molar-refractivity contribution in [3.8, 4) is 0 Å². The molecule has 0 radical (unpaired) electrons. The number of carbonyl (C=O) groups excluding carboxylic acids is 2. The van der Waals surface area contributed by atoms with Gasteiger partial charge in [0, 0.05) is 6.42 Å². The first-order valence-electron chi connectivity index (χ1n) is 4.70. The Morgan fingerprint density at radius 2 is 2.00 bits per heavy atom. The van der Waals surface area contributed by atoms with Crippen LogP contribution in [0.4, 0.5) is 0 Å². The molecule has 14 heavy (non-hydrogen) atoms. The molecule has 0 fully saturated rings. The van der Waals surface area contributed by atoms with Gasteiger partial charge in [-0.2, -0.15) is 0 Å². The van der Waals surface area contributed by atoms with Crippen LogP contribution in [0.15, 0.2) is 24.3 Å². The Morgan fingerprint density at radius 1 is 1.36 bits per heavy atom. The van der Waals surface area contributed by atoms with Crippen LogP contribution in [-0.4, -0.2) is 18.4 Å². The molecule has 0 saturated heterocycles. The number of hydrogen-bond donors (Lipinski definition) is 0. The first kappa shape index (κ1) is 12.6. The average Bonchev–Trinajstić information content (AvgIpc) is 2.21. The highest BCUT2D eigenvalue weighted by molar-refractivity contribution is 6.17. The van der Waals surface area contributed by atoms with Gasteiger partial charge in [-0.25, -0.2) is 4.79 Å². The topological polar surface area (TPSA) is 43.4 Å². The second-order valence-electron chi connectivity index (χ2n) is 2.73. The van der Waals surface area contributed by atoms with E-state index in [4.69, 9.17) is 4.74 Å². The van der Waals surface area contributed by atoms with Crippen LogP contribution in [0.3, 0.4) is 0 Å². The van der Waals surface area contributed by atoms with E-state index in [0.29, 0.717) is 13.0 Å². The zero-order valence-corrected chi connectivity index (χ0v) is 8.71. The molecule has 0 heterocycles. The summed E-state index contributed by atoms with van der Waals surface area (Å²) in [5.41, 5.74) is 0.0796. The molecule has 0 unspecified atom stereocenters. The summed E-state index contributed by atoms with van der Waals surface area (Å²) in [6.45, 7) is 7.38. The molecule has 3 heteroatoms. The molecule has 0 aromatic carbocycles. The molecule has 0 aromatic rings. The maximum absolute atomic E-state index is 11.3. The van der Waals surface area contributed by atoms with Gasteiger partial charge >= 0.3 is 5.97 Å². The number of carbonyl (C=O) groups is 2. The SMILES string of the molecule is C=CC=C(C(=O)CC)C(=O)OCCC. The van der Waals surface area contributed by atoms with Gasteiger partial charge in [-0.3, -0.25) is 4.79 Å². The lowest BCUT2D eigenvalue weighted by atomic mass is 10.1. The van der Waals surface area contributed by atoms with Crippen LogP contribution >= 0.6 is 0 Å². The van der Waals surface area contributed by atoms with E-state index < -0.39 is 5.97 Å². The Hall–Kier alpha value is -1.38. The van der Waals surface area contributed by atoms with Gasteiger partial charge < -0.3 is 4.74 Å². The predicted octanol–water partition coefficient (Wildman–Crippen LogP) is 2.03. The number of allylic oxidation sites excluding steroid dienone is 2. The van der Waals surface area contributed by atoms with Crippen LogP contribution in [0.1, 0.15) is 26.7 Å². The molecule has 78 valence electrons. The number of ether oxygens (including phenoxy) is 1. The molecule has 0 aliphatic carbocycles. The zero-order valence-electron chi connectivity index (χ0n) is 8.71. The first-order chi connectivity index (χ1) is 6.67. The summed E-state index contributed by atoms with van der Waals surface area (Å²) in [6, 6.07) is 0. The van der Waals surface area contributed by atoms with Crippen LogP contribution < -0.4 is 0 Å². The Bertz CT molecular complexity index is 251. The molecule has 3 nitrogen and oxygen atoms in total. The maximum atomic E-state index is 11.3. The number of hydrogen-bond acceptors (Lipinski definition) is 3. The summed E-state index contributed by atoms with van der Waals surface area (Å²) >= 11 is 0. The quantitative estimate of drug-likeness (QED) is 0.215. The second kappa shape index (κ2) is 7.06. The van der Waals surface area contributed by atoms with Gasteiger partial charge in [0.2, 0.25) is 0 Å². The van der Waals surface area contributed by atoms with E-state index in [1.807, 2.05) is 6.92 Å². The van der Waals surface area contributed by atoms with Crippen LogP contribution in [0.25, 0.3) is 0 Å². The molecule has 0 aromatic heterocycles. The van der Waals surface area contributed by atoms with Gasteiger partial charge in [0.25, 0.3) is 0 Å². The molecule has 0 atom stereocenters. The monoisotopic (exact) mass is 196 g/mol. The van der Waals surface area contributed by atoms with Crippen molar-refractivity contribution < 1.29 is 14.3 Å². The van der Waals surface area contributed by atoms with Gasteiger partial charge in [-0.1, -0.05) is 26.5 Å². The van der Waals surface area contributed by atoms with Crippen LogP contribution in [0, 0.1) is 0 Å². The van der Waals surface area contributed by atoms with Gasteiger partial charge in [-0.05, 0) is 12.5 Å². The number of Topliss-reactive ketones (excluding diaryl/α,β-unsaturated/α-hetero) is 1. The Morgan fingerprint density at radius 3 is 2.43 bits per heavy atom. The molecule has 0 amide bonds. The largest absolute Gasteiger partial charge is 0.462 e. The molecule has 0 saturated carbocycles. The molecule has 0 rings (SSSR count). The molecule has 0 N–H and O–H groups in total. The van der Waals surface area contributed by atoms with E-state index in [1.165, 1.54) is 12.2 Å². The average molecular weight is 196 g/mol. The lowest BCUT2D eigenvalue weighted by Crippen LogP contribution is -2.15. The summed E-state index contributed by atoms with van der Waals surface area (Å²) in [6.07, 6.45) is 3.84. The fourth-order valence-corrected chi connectivity index (χ4v) is 0.856. The normalized spacial score (nSPS) is 10.9. The fourth-order valence-electron chi connectivity index (χ4n) is 0.856. The maximum Gasteiger partial charge on any atom is 0.341 e. The van der Waals surface area contributed by atoms with E-state index in [2.05, 4.69) is 6.58 Å². The minimum atomic E-state index is -0.557. The molecular weight excluding hydrogens is 180 g/mol. The molecule has 0 aliphatic heterocycles. The van der Waals surface area contributed by atoms with E-state index in [9.17, 15) is 9.59 Å². The standard InChI is InChI=1S/C11H16O3/c1-4-7-9(10(12)6-3)11(13)14-8-5-2/h4,7H,1,5-6,8H2,2-3H3. The third-order valence-electron chi connectivity index (χ3n) is 1.56. The van der Waals surface area contributed by atoms with E-state index in [1.54, 1.807) is 6.92 Å². The van der Waals surface area contributed by atoms with Crippen molar-refractivity contribution in [1.29, 1.82) is 0 Å². The summed E-state index contributed by atoms with van der Waals surface area (Å²) in [5.74, 6) is -0.774. The third-order valence-corrected chi connectivity index (χ3v) is 1.56. The highest BCUT2D eigenvalue weighted by Crippen LogP contribution is 2.04. The number of ketones is 1.